The highest BCUT2D eigenvalue weighted by molar-refractivity contribution is 5.69. The number of carbonyl (C=O) groups excluding carboxylic acids is 1. The van der Waals surface area contributed by atoms with E-state index >= 15 is 0 Å². The van der Waals surface area contributed by atoms with Crippen molar-refractivity contribution in [3.05, 3.63) is 0 Å². The zero-order chi connectivity index (χ0) is 22.2. The van der Waals surface area contributed by atoms with Crippen molar-refractivity contribution in [2.24, 2.45) is 46.3 Å². The number of aliphatic hydroxyl groups excluding tert-OH is 1. The van der Waals surface area contributed by atoms with Gasteiger partial charge in [-0.1, -0.05) is 34.1 Å². The summed E-state index contributed by atoms with van der Waals surface area (Å²) in [6, 6.07) is 0. The predicted molar refractivity (Wildman–Crippen MR) is 125 cm³/mol. The fourth-order valence-electron chi connectivity index (χ4n) is 9.16. The highest BCUT2D eigenvalue weighted by Crippen LogP contribution is 2.68. The molecule has 0 bridgehead atoms. The molecule has 0 aliphatic heterocycles. The van der Waals surface area contributed by atoms with Crippen LogP contribution in [0.15, 0.2) is 0 Å². The summed E-state index contributed by atoms with van der Waals surface area (Å²) in [5.41, 5.74) is 0.930. The van der Waals surface area contributed by atoms with E-state index < -0.39 is 0 Å². The second kappa shape index (κ2) is 9.35. The van der Waals surface area contributed by atoms with Crippen molar-refractivity contribution in [2.45, 2.75) is 117 Å². The first-order chi connectivity index (χ1) is 14.8. The van der Waals surface area contributed by atoms with Crippen LogP contribution in [0.3, 0.4) is 0 Å². The Bertz CT molecular complexity index is 632. The SMILES string of the molecule is CCCCOC(=O)CC[C@@H](C)C1CCC2C3CC[C@@H]4C[C@H](O)CC[C@]4(C)C3CC[C@@]21C. The van der Waals surface area contributed by atoms with Crippen LogP contribution in [0.25, 0.3) is 0 Å². The van der Waals surface area contributed by atoms with Gasteiger partial charge in [0.1, 0.15) is 0 Å². The molecule has 4 aliphatic rings. The smallest absolute Gasteiger partial charge is 0.305 e. The van der Waals surface area contributed by atoms with E-state index in [1.54, 1.807) is 0 Å². The van der Waals surface area contributed by atoms with Crippen molar-refractivity contribution in [3.63, 3.8) is 0 Å². The number of unbranched alkanes of at least 4 members (excludes halogenated alkanes) is 1. The summed E-state index contributed by atoms with van der Waals surface area (Å²) in [6.45, 7) is 10.3. The third kappa shape index (κ3) is 4.34. The van der Waals surface area contributed by atoms with Crippen molar-refractivity contribution in [1.82, 2.24) is 0 Å². The number of hydrogen-bond acceptors (Lipinski definition) is 3. The summed E-state index contributed by atoms with van der Waals surface area (Å²) in [5.74, 6) is 4.78. The molecule has 0 aromatic heterocycles. The molecule has 0 heterocycles. The highest BCUT2D eigenvalue weighted by Gasteiger charge is 2.60. The molecule has 9 atom stereocenters. The van der Waals surface area contributed by atoms with Crippen LogP contribution in [0.5, 0.6) is 0 Å². The van der Waals surface area contributed by atoms with Crippen LogP contribution in [-0.4, -0.2) is 23.8 Å². The molecule has 31 heavy (non-hydrogen) atoms. The minimum absolute atomic E-state index is 0.00874. The molecule has 4 aliphatic carbocycles. The van der Waals surface area contributed by atoms with Gasteiger partial charge in [-0.3, -0.25) is 4.79 Å². The quantitative estimate of drug-likeness (QED) is 0.357. The van der Waals surface area contributed by atoms with Gasteiger partial charge in [-0.2, -0.15) is 0 Å². The molecule has 0 saturated heterocycles. The normalized spacial score (nSPS) is 45.3. The van der Waals surface area contributed by atoms with Crippen LogP contribution >= 0.6 is 0 Å². The predicted octanol–water partition coefficient (Wildman–Crippen LogP) is 6.77. The molecule has 178 valence electrons. The van der Waals surface area contributed by atoms with Crippen molar-refractivity contribution in [3.8, 4) is 0 Å². The zero-order valence-electron chi connectivity index (χ0n) is 20.7. The molecule has 3 nitrogen and oxygen atoms in total. The summed E-state index contributed by atoms with van der Waals surface area (Å²) in [6.07, 6.45) is 15.2. The third-order valence-electron chi connectivity index (χ3n) is 11.0. The van der Waals surface area contributed by atoms with Gasteiger partial charge in [0.15, 0.2) is 0 Å². The lowest BCUT2D eigenvalue weighted by atomic mass is 9.44. The van der Waals surface area contributed by atoms with Gasteiger partial charge in [0.2, 0.25) is 0 Å². The van der Waals surface area contributed by atoms with Crippen LogP contribution < -0.4 is 0 Å². The molecule has 0 spiro atoms. The Morgan fingerprint density at radius 2 is 1.77 bits per heavy atom. The lowest BCUT2D eigenvalue weighted by Crippen LogP contribution is -2.54. The zero-order valence-corrected chi connectivity index (χ0v) is 20.7. The Morgan fingerprint density at radius 1 is 1.03 bits per heavy atom. The first-order valence-electron chi connectivity index (χ1n) is 13.6. The average Bonchev–Trinajstić information content (AvgIpc) is 3.10. The van der Waals surface area contributed by atoms with E-state index in [2.05, 4.69) is 27.7 Å². The van der Waals surface area contributed by atoms with E-state index in [4.69, 9.17) is 4.74 Å². The molecule has 4 unspecified atom stereocenters. The van der Waals surface area contributed by atoms with E-state index in [9.17, 15) is 9.90 Å². The number of rotatable bonds is 7. The monoisotopic (exact) mass is 432 g/mol. The van der Waals surface area contributed by atoms with E-state index in [-0.39, 0.29) is 12.1 Å². The highest BCUT2D eigenvalue weighted by atomic mass is 16.5. The molecule has 3 heteroatoms. The second-order valence-corrected chi connectivity index (χ2v) is 12.4. The maximum atomic E-state index is 12.1. The molecule has 1 N–H and O–H groups in total. The number of esters is 1. The van der Waals surface area contributed by atoms with Crippen molar-refractivity contribution in [1.29, 1.82) is 0 Å². The lowest BCUT2D eigenvalue weighted by molar-refractivity contribution is -0.144. The van der Waals surface area contributed by atoms with Gasteiger partial charge < -0.3 is 9.84 Å². The van der Waals surface area contributed by atoms with Crippen molar-refractivity contribution >= 4 is 5.97 Å². The molecular formula is C28H48O3. The van der Waals surface area contributed by atoms with Crippen molar-refractivity contribution in [2.75, 3.05) is 6.61 Å². The van der Waals surface area contributed by atoms with Gasteiger partial charge in [-0.05, 0) is 117 Å². The fourth-order valence-corrected chi connectivity index (χ4v) is 9.16. The number of carbonyl (C=O) groups is 1. The molecule has 0 aromatic rings. The van der Waals surface area contributed by atoms with E-state index in [1.165, 1.54) is 44.9 Å². The summed E-state index contributed by atoms with van der Waals surface area (Å²) >= 11 is 0. The summed E-state index contributed by atoms with van der Waals surface area (Å²) in [4.78, 5) is 12.1. The van der Waals surface area contributed by atoms with Gasteiger partial charge in [0, 0.05) is 6.42 Å². The average molecular weight is 433 g/mol. The van der Waals surface area contributed by atoms with Crippen LogP contribution in [-0.2, 0) is 9.53 Å². The second-order valence-electron chi connectivity index (χ2n) is 12.4. The molecular weight excluding hydrogens is 384 g/mol. The van der Waals surface area contributed by atoms with E-state index in [1.807, 2.05) is 0 Å². The van der Waals surface area contributed by atoms with Gasteiger partial charge in [-0.15, -0.1) is 0 Å². The largest absolute Gasteiger partial charge is 0.466 e. The van der Waals surface area contributed by atoms with Gasteiger partial charge >= 0.3 is 5.97 Å². The number of fused-ring (bicyclic) bond motifs is 5. The first kappa shape index (κ1) is 23.6. The number of ether oxygens (including phenoxy) is 1. The third-order valence-corrected chi connectivity index (χ3v) is 11.0. The minimum atomic E-state index is -0.0474. The molecule has 4 fully saturated rings. The Balaban J connectivity index is 1.38. The fraction of sp³-hybridized carbons (Fsp3) is 0.964. The molecule has 4 rings (SSSR count). The maximum Gasteiger partial charge on any atom is 0.305 e. The van der Waals surface area contributed by atoms with Crippen LogP contribution in [0.1, 0.15) is 111 Å². The minimum Gasteiger partial charge on any atom is -0.466 e. The first-order valence-corrected chi connectivity index (χ1v) is 13.6. The maximum absolute atomic E-state index is 12.1. The van der Waals surface area contributed by atoms with E-state index in [0.29, 0.717) is 29.8 Å². The van der Waals surface area contributed by atoms with Crippen LogP contribution in [0.4, 0.5) is 0 Å². The van der Waals surface area contributed by atoms with Gasteiger partial charge in [0.05, 0.1) is 12.7 Å². The van der Waals surface area contributed by atoms with Crippen molar-refractivity contribution < 1.29 is 14.6 Å². The Hall–Kier alpha value is -0.570. The van der Waals surface area contributed by atoms with E-state index in [0.717, 1.165) is 61.7 Å². The number of hydrogen-bond donors (Lipinski definition) is 1. The van der Waals surface area contributed by atoms with Gasteiger partial charge in [-0.25, -0.2) is 0 Å². The standard InChI is InChI=1S/C28H48O3/c1-5-6-17-31-26(30)12-7-19(2)23-10-11-24-22-9-8-20-18-21(29)13-15-27(20,3)25(22)14-16-28(23,24)4/h19-25,29H,5-18H2,1-4H3/t19-,20-,21-,22?,23?,24?,25?,27+,28-/m1/s1. The Morgan fingerprint density at radius 3 is 2.55 bits per heavy atom. The molecule has 0 amide bonds. The topological polar surface area (TPSA) is 46.5 Å². The van der Waals surface area contributed by atoms with Crippen LogP contribution in [0, 0.1) is 46.3 Å². The summed E-state index contributed by atoms with van der Waals surface area (Å²) < 4.78 is 5.41. The Kier molecular flexibility index (Phi) is 7.12. The molecule has 4 saturated carbocycles. The summed E-state index contributed by atoms with van der Waals surface area (Å²) in [5, 5.41) is 10.3. The summed E-state index contributed by atoms with van der Waals surface area (Å²) in [7, 11) is 0. The number of aliphatic hydroxyl groups is 1. The van der Waals surface area contributed by atoms with Gasteiger partial charge in [0.25, 0.3) is 0 Å². The van der Waals surface area contributed by atoms with Crippen LogP contribution in [0.2, 0.25) is 0 Å². The molecule has 0 aromatic carbocycles. The Labute approximate surface area is 191 Å². The lowest BCUT2D eigenvalue weighted by Gasteiger charge is -2.61. The molecule has 0 radical (unpaired) electrons.